The summed E-state index contributed by atoms with van der Waals surface area (Å²) in [5, 5.41) is 14.4. The van der Waals surface area contributed by atoms with Gasteiger partial charge in [0.25, 0.3) is 11.8 Å². The van der Waals surface area contributed by atoms with Gasteiger partial charge in [0.1, 0.15) is 6.04 Å². The molecule has 0 fully saturated rings. The van der Waals surface area contributed by atoms with E-state index in [2.05, 4.69) is 10.6 Å². The van der Waals surface area contributed by atoms with Gasteiger partial charge in [0.05, 0.1) is 0 Å². The van der Waals surface area contributed by atoms with Crippen LogP contribution in [0.4, 0.5) is 5.69 Å². The quantitative estimate of drug-likeness (QED) is 0.352. The maximum absolute atomic E-state index is 13.0. The lowest BCUT2D eigenvalue weighted by molar-refractivity contribution is -0.129. The number of amides is 3. The second-order valence-corrected chi connectivity index (χ2v) is 7.13. The highest BCUT2D eigenvalue weighted by atomic mass is 16.5. The Hall–Kier alpha value is -3.19. The Morgan fingerprint density at radius 3 is 2.00 bits per heavy atom. The number of hydrogen-bond donors (Lipinski definition) is 4. The van der Waals surface area contributed by atoms with Crippen LogP contribution in [0, 0.1) is 5.92 Å². The number of benzene rings is 2. The van der Waals surface area contributed by atoms with Crippen LogP contribution < -0.4 is 16.1 Å². The molecular weight excluding hydrogens is 382 g/mol. The third kappa shape index (κ3) is 6.42. The minimum Gasteiger partial charge on any atom is -0.340 e. The number of hydroxylamine groups is 1. The van der Waals surface area contributed by atoms with Gasteiger partial charge >= 0.3 is 0 Å². The van der Waals surface area contributed by atoms with Crippen LogP contribution in [0.15, 0.2) is 54.6 Å². The fourth-order valence-electron chi connectivity index (χ4n) is 3.29. The summed E-state index contributed by atoms with van der Waals surface area (Å²) in [6.45, 7) is 4.08. The Balaban J connectivity index is 2.19. The molecule has 7 heteroatoms. The monoisotopic (exact) mass is 411 g/mol. The minimum atomic E-state index is -0.838. The van der Waals surface area contributed by atoms with Crippen molar-refractivity contribution in [1.29, 1.82) is 0 Å². The van der Waals surface area contributed by atoms with Crippen LogP contribution in [-0.4, -0.2) is 22.9 Å². The molecule has 0 unspecified atom stereocenters. The summed E-state index contributed by atoms with van der Waals surface area (Å²) in [6.07, 6.45) is 3.34. The normalized spacial score (nSPS) is 11.6. The first kappa shape index (κ1) is 23.1. The van der Waals surface area contributed by atoms with Crippen molar-refractivity contribution in [2.24, 2.45) is 5.92 Å². The van der Waals surface area contributed by atoms with Crippen LogP contribution in [0.1, 0.15) is 61.5 Å². The Bertz CT molecular complexity index is 831. The van der Waals surface area contributed by atoms with E-state index < -0.39 is 11.9 Å². The van der Waals surface area contributed by atoms with Crippen LogP contribution in [-0.2, 0) is 9.59 Å². The molecule has 2 rings (SSSR count). The van der Waals surface area contributed by atoms with E-state index in [4.69, 9.17) is 5.21 Å². The fraction of sp³-hybridized carbons (Fsp3) is 0.348. The molecule has 0 heterocycles. The topological polar surface area (TPSA) is 108 Å². The van der Waals surface area contributed by atoms with Crippen molar-refractivity contribution in [3.05, 3.63) is 65.7 Å². The van der Waals surface area contributed by atoms with E-state index in [0.29, 0.717) is 11.3 Å². The number of hydrogen-bond acceptors (Lipinski definition) is 4. The van der Waals surface area contributed by atoms with Crippen molar-refractivity contribution in [2.75, 3.05) is 5.32 Å². The first-order chi connectivity index (χ1) is 14.5. The van der Waals surface area contributed by atoms with Crippen molar-refractivity contribution in [2.45, 2.75) is 45.6 Å². The molecule has 4 N–H and O–H groups in total. The summed E-state index contributed by atoms with van der Waals surface area (Å²) < 4.78 is 0. The molecule has 0 radical (unpaired) electrons. The van der Waals surface area contributed by atoms with E-state index in [1.54, 1.807) is 29.7 Å². The molecule has 0 aromatic heterocycles. The first-order valence-corrected chi connectivity index (χ1v) is 10.2. The third-order valence-electron chi connectivity index (χ3n) is 4.84. The van der Waals surface area contributed by atoms with Gasteiger partial charge < -0.3 is 10.6 Å². The van der Waals surface area contributed by atoms with Gasteiger partial charge in [-0.1, -0.05) is 57.0 Å². The van der Waals surface area contributed by atoms with E-state index >= 15 is 0 Å². The zero-order valence-corrected chi connectivity index (χ0v) is 17.4. The number of rotatable bonds is 10. The van der Waals surface area contributed by atoms with Gasteiger partial charge in [0.15, 0.2) is 0 Å². The van der Waals surface area contributed by atoms with Crippen molar-refractivity contribution in [1.82, 2.24) is 10.8 Å². The third-order valence-corrected chi connectivity index (χ3v) is 4.84. The van der Waals surface area contributed by atoms with E-state index in [0.717, 1.165) is 25.7 Å². The molecule has 0 saturated carbocycles. The molecule has 2 aromatic rings. The zero-order chi connectivity index (χ0) is 21.9. The van der Waals surface area contributed by atoms with Gasteiger partial charge in [0.2, 0.25) is 5.91 Å². The smallest absolute Gasteiger partial charge is 0.274 e. The Morgan fingerprint density at radius 2 is 1.47 bits per heavy atom. The molecule has 0 spiro atoms. The van der Waals surface area contributed by atoms with Gasteiger partial charge in [0, 0.05) is 17.2 Å². The van der Waals surface area contributed by atoms with Crippen LogP contribution in [0.5, 0.6) is 0 Å². The maximum atomic E-state index is 13.0. The summed E-state index contributed by atoms with van der Waals surface area (Å²) in [5.41, 5.74) is 2.98. The molecule has 30 heavy (non-hydrogen) atoms. The highest BCUT2D eigenvalue weighted by molar-refractivity contribution is 5.99. The van der Waals surface area contributed by atoms with Gasteiger partial charge in [-0.3, -0.25) is 19.6 Å². The molecule has 0 bridgehead atoms. The molecule has 2 aromatic carbocycles. The highest BCUT2D eigenvalue weighted by Gasteiger charge is 2.26. The van der Waals surface area contributed by atoms with Gasteiger partial charge in [-0.05, 0) is 42.7 Å². The van der Waals surface area contributed by atoms with Gasteiger partial charge in [-0.2, -0.15) is 0 Å². The zero-order valence-electron chi connectivity index (χ0n) is 17.4. The lowest BCUT2D eigenvalue weighted by Gasteiger charge is -2.22. The second kappa shape index (κ2) is 11.7. The fourth-order valence-corrected chi connectivity index (χ4v) is 3.29. The molecule has 160 valence electrons. The maximum Gasteiger partial charge on any atom is 0.274 e. The van der Waals surface area contributed by atoms with Crippen LogP contribution >= 0.6 is 0 Å². The number of anilines is 1. The summed E-state index contributed by atoms with van der Waals surface area (Å²) in [7, 11) is 0. The SMILES string of the molecule is CCCC(CCC)C(=O)N[C@H](C(=O)Nc1ccc(C(=O)NO)cc1)c1ccccc1. The molecule has 0 aliphatic carbocycles. The lowest BCUT2D eigenvalue weighted by atomic mass is 9.96. The predicted octanol–water partition coefficient (Wildman–Crippen LogP) is 3.82. The largest absolute Gasteiger partial charge is 0.340 e. The minimum absolute atomic E-state index is 0.127. The predicted molar refractivity (Wildman–Crippen MR) is 115 cm³/mol. The molecule has 1 atom stereocenters. The Kier molecular flexibility index (Phi) is 9.03. The number of carbonyl (C=O) groups excluding carboxylic acids is 3. The van der Waals surface area contributed by atoms with Crippen LogP contribution in [0.3, 0.4) is 0 Å². The van der Waals surface area contributed by atoms with E-state index in [9.17, 15) is 14.4 Å². The average Bonchev–Trinajstić information content (AvgIpc) is 2.77. The van der Waals surface area contributed by atoms with Gasteiger partial charge in [-0.15, -0.1) is 0 Å². The average molecular weight is 412 g/mol. The summed E-state index contributed by atoms with van der Waals surface area (Å²) in [5.74, 6) is -1.27. The molecule has 7 nitrogen and oxygen atoms in total. The van der Waals surface area contributed by atoms with E-state index in [-0.39, 0.29) is 23.3 Å². The molecule has 3 amide bonds. The molecule has 0 aliphatic heterocycles. The van der Waals surface area contributed by atoms with Gasteiger partial charge in [-0.25, -0.2) is 5.48 Å². The Morgan fingerprint density at radius 1 is 0.867 bits per heavy atom. The van der Waals surface area contributed by atoms with E-state index in [1.165, 1.54) is 12.1 Å². The van der Waals surface area contributed by atoms with Crippen LogP contribution in [0.25, 0.3) is 0 Å². The number of nitrogens with one attached hydrogen (secondary N) is 3. The summed E-state index contributed by atoms with van der Waals surface area (Å²) in [6, 6.07) is 14.3. The van der Waals surface area contributed by atoms with Crippen molar-refractivity contribution in [3.8, 4) is 0 Å². The number of carbonyl (C=O) groups is 3. The lowest BCUT2D eigenvalue weighted by Crippen LogP contribution is -2.40. The van der Waals surface area contributed by atoms with Crippen LogP contribution in [0.2, 0.25) is 0 Å². The Labute approximate surface area is 176 Å². The van der Waals surface area contributed by atoms with E-state index in [1.807, 2.05) is 32.0 Å². The standard InChI is InChI=1S/C23H29N3O4/c1-3-8-17(9-4-2)21(27)25-20(16-10-6-5-7-11-16)23(29)24-19-14-12-18(13-15-19)22(28)26-30/h5-7,10-15,17,20,30H,3-4,8-9H2,1-2H3,(H,24,29)(H,25,27)(H,26,28)/t20-/m0/s1. The summed E-state index contributed by atoms with van der Waals surface area (Å²) >= 11 is 0. The summed E-state index contributed by atoms with van der Waals surface area (Å²) in [4.78, 5) is 37.3. The van der Waals surface area contributed by atoms with Crippen molar-refractivity contribution < 1.29 is 19.6 Å². The molecular formula is C23H29N3O4. The first-order valence-electron chi connectivity index (χ1n) is 10.2. The van der Waals surface area contributed by atoms with Crippen molar-refractivity contribution in [3.63, 3.8) is 0 Å². The second-order valence-electron chi connectivity index (χ2n) is 7.13. The molecule has 0 saturated heterocycles. The van der Waals surface area contributed by atoms with Crippen molar-refractivity contribution >= 4 is 23.4 Å². The molecule has 0 aliphatic rings. The highest BCUT2D eigenvalue weighted by Crippen LogP contribution is 2.20.